The first-order valence-electron chi connectivity index (χ1n) is 12.1. The Morgan fingerprint density at radius 3 is 2.47 bits per heavy atom. The second-order valence-electron chi connectivity index (χ2n) is 11.1. The van der Waals surface area contributed by atoms with Gasteiger partial charge in [-0.15, -0.1) is 0 Å². The van der Waals surface area contributed by atoms with Crippen molar-refractivity contribution in [1.82, 2.24) is 0 Å². The minimum absolute atomic E-state index is 0.0319. The second kappa shape index (κ2) is 7.43. The third-order valence-electron chi connectivity index (χ3n) is 9.62. The highest BCUT2D eigenvalue weighted by molar-refractivity contribution is 6.04. The Morgan fingerprint density at radius 1 is 1.12 bits per heavy atom. The molecular formula is C28H32F2O4. The van der Waals surface area contributed by atoms with Crippen molar-refractivity contribution in [3.63, 3.8) is 0 Å². The number of alkyl halides is 2. The minimum Gasteiger partial charge on any atom is -0.507 e. The highest BCUT2D eigenvalue weighted by Gasteiger charge is 2.72. The normalized spacial score (nSPS) is 43.5. The van der Waals surface area contributed by atoms with E-state index in [1.54, 1.807) is 0 Å². The summed E-state index contributed by atoms with van der Waals surface area (Å²) in [6, 6.07) is 9.43. The number of benzene rings is 1. The van der Waals surface area contributed by atoms with Crippen LogP contribution in [0.5, 0.6) is 5.75 Å². The van der Waals surface area contributed by atoms with Gasteiger partial charge in [-0.2, -0.15) is 0 Å². The zero-order valence-corrected chi connectivity index (χ0v) is 19.9. The summed E-state index contributed by atoms with van der Waals surface area (Å²) in [6.45, 7) is 9.92. The van der Waals surface area contributed by atoms with E-state index in [1.165, 1.54) is 6.92 Å². The highest BCUT2D eigenvalue weighted by atomic mass is 19.1. The molecule has 1 aromatic carbocycles. The summed E-state index contributed by atoms with van der Waals surface area (Å²) in [6.07, 6.45) is 0.632. The summed E-state index contributed by atoms with van der Waals surface area (Å²) in [7, 11) is 0. The predicted molar refractivity (Wildman–Crippen MR) is 125 cm³/mol. The summed E-state index contributed by atoms with van der Waals surface area (Å²) in [5.74, 6) is -1.88. The van der Waals surface area contributed by atoms with E-state index in [-0.39, 0.29) is 41.6 Å². The van der Waals surface area contributed by atoms with E-state index >= 15 is 8.78 Å². The van der Waals surface area contributed by atoms with Crippen LogP contribution in [0.3, 0.4) is 0 Å². The van der Waals surface area contributed by atoms with Gasteiger partial charge in [0.15, 0.2) is 5.76 Å². The number of aliphatic hydroxyl groups excluding tert-OH is 2. The summed E-state index contributed by atoms with van der Waals surface area (Å²) in [5.41, 5.74) is -4.17. The first kappa shape index (κ1) is 23.1. The van der Waals surface area contributed by atoms with Crippen LogP contribution in [0.25, 0.3) is 0 Å². The Balaban J connectivity index is 1.52. The van der Waals surface area contributed by atoms with Crippen LogP contribution in [0.4, 0.5) is 8.78 Å². The van der Waals surface area contributed by atoms with Crippen molar-refractivity contribution in [1.29, 1.82) is 0 Å². The lowest BCUT2D eigenvalue weighted by Crippen LogP contribution is -2.63. The van der Waals surface area contributed by atoms with Crippen molar-refractivity contribution >= 4 is 5.78 Å². The second-order valence-corrected chi connectivity index (χ2v) is 11.1. The van der Waals surface area contributed by atoms with Crippen LogP contribution in [0.2, 0.25) is 0 Å². The molecule has 0 heterocycles. The Labute approximate surface area is 199 Å². The van der Waals surface area contributed by atoms with Crippen molar-refractivity contribution in [3.8, 4) is 5.75 Å². The zero-order chi connectivity index (χ0) is 24.6. The summed E-state index contributed by atoms with van der Waals surface area (Å²) in [4.78, 5) is 12.1. The topological polar surface area (TPSA) is 66.8 Å². The molecular weight excluding hydrogens is 438 g/mol. The fraction of sp³-hybridized carbons (Fsp3) is 0.536. The van der Waals surface area contributed by atoms with E-state index in [4.69, 9.17) is 4.74 Å². The third-order valence-corrected chi connectivity index (χ3v) is 9.62. The molecule has 0 amide bonds. The van der Waals surface area contributed by atoms with Gasteiger partial charge in [-0.3, -0.25) is 4.79 Å². The molecule has 182 valence electrons. The smallest absolute Gasteiger partial charge is 0.223 e. The molecule has 3 fully saturated rings. The van der Waals surface area contributed by atoms with Crippen molar-refractivity contribution in [3.05, 3.63) is 65.8 Å². The van der Waals surface area contributed by atoms with Gasteiger partial charge in [0, 0.05) is 11.8 Å². The monoisotopic (exact) mass is 470 g/mol. The predicted octanol–water partition coefficient (Wildman–Crippen LogP) is 6.56. The maximum atomic E-state index is 17.2. The van der Waals surface area contributed by atoms with E-state index in [2.05, 4.69) is 20.4 Å². The molecule has 4 nitrogen and oxygen atoms in total. The number of allylic oxidation sites excluding steroid dienone is 3. The Kier molecular flexibility index (Phi) is 5.06. The SMILES string of the molecule is C=C(Oc1ccccc1)[C@H]1[C@H](C)C[C@H]2[C@@H]3C[C@H](F)C4=CC(=O)C(O)=C(O)[C@]4(C)[C@@]3(F)CC[C@@]21C. The van der Waals surface area contributed by atoms with Gasteiger partial charge in [0.2, 0.25) is 11.5 Å². The van der Waals surface area contributed by atoms with Crippen LogP contribution < -0.4 is 4.74 Å². The van der Waals surface area contributed by atoms with E-state index in [9.17, 15) is 15.0 Å². The van der Waals surface area contributed by atoms with Crippen LogP contribution in [-0.4, -0.2) is 27.8 Å². The molecule has 34 heavy (non-hydrogen) atoms. The molecule has 4 aliphatic rings. The van der Waals surface area contributed by atoms with Gasteiger partial charge >= 0.3 is 0 Å². The van der Waals surface area contributed by atoms with Crippen molar-refractivity contribution < 1.29 is 28.5 Å². The van der Waals surface area contributed by atoms with Gasteiger partial charge < -0.3 is 14.9 Å². The molecule has 6 heteroatoms. The third kappa shape index (κ3) is 2.83. The Hall–Kier alpha value is -2.63. The zero-order valence-electron chi connectivity index (χ0n) is 19.9. The fourth-order valence-electron chi connectivity index (χ4n) is 8.00. The highest BCUT2D eigenvalue weighted by Crippen LogP contribution is 2.71. The lowest BCUT2D eigenvalue weighted by atomic mass is 9.45. The number of halogens is 2. The molecule has 5 rings (SSSR count). The molecule has 8 atom stereocenters. The average molecular weight is 471 g/mol. The van der Waals surface area contributed by atoms with Gasteiger partial charge in [0.05, 0.1) is 5.41 Å². The number of carbonyl (C=O) groups excluding carboxylic acids is 1. The molecule has 3 saturated carbocycles. The number of fused-ring (bicyclic) bond motifs is 5. The summed E-state index contributed by atoms with van der Waals surface area (Å²) < 4.78 is 38.9. The maximum Gasteiger partial charge on any atom is 0.223 e. The van der Waals surface area contributed by atoms with E-state index in [1.807, 2.05) is 30.3 Å². The number of para-hydroxylation sites is 1. The van der Waals surface area contributed by atoms with Gasteiger partial charge in [0.1, 0.15) is 23.3 Å². The summed E-state index contributed by atoms with van der Waals surface area (Å²) >= 11 is 0. The first-order chi connectivity index (χ1) is 15.9. The quantitative estimate of drug-likeness (QED) is 0.491. The fourth-order valence-corrected chi connectivity index (χ4v) is 8.00. The van der Waals surface area contributed by atoms with Crippen LogP contribution in [0, 0.1) is 34.5 Å². The van der Waals surface area contributed by atoms with E-state index in [0.717, 1.165) is 6.08 Å². The largest absolute Gasteiger partial charge is 0.507 e. The van der Waals surface area contributed by atoms with Crippen molar-refractivity contribution in [2.24, 2.45) is 34.5 Å². The first-order valence-corrected chi connectivity index (χ1v) is 12.1. The molecule has 0 aliphatic heterocycles. The Morgan fingerprint density at radius 2 is 1.79 bits per heavy atom. The van der Waals surface area contributed by atoms with Crippen LogP contribution >= 0.6 is 0 Å². The molecule has 0 saturated heterocycles. The number of carbonyl (C=O) groups is 1. The van der Waals surface area contributed by atoms with Crippen molar-refractivity contribution in [2.45, 2.75) is 58.3 Å². The van der Waals surface area contributed by atoms with Gasteiger partial charge in [-0.1, -0.05) is 38.6 Å². The lowest BCUT2D eigenvalue weighted by molar-refractivity contribution is -0.150. The van der Waals surface area contributed by atoms with E-state index in [0.29, 0.717) is 24.4 Å². The molecule has 2 N–H and O–H groups in total. The van der Waals surface area contributed by atoms with Crippen LogP contribution in [0.1, 0.15) is 46.5 Å². The number of hydrogen-bond acceptors (Lipinski definition) is 4. The molecule has 4 aliphatic carbocycles. The number of hydrogen-bond donors (Lipinski definition) is 2. The number of aliphatic hydroxyl groups is 2. The van der Waals surface area contributed by atoms with Crippen molar-refractivity contribution in [2.75, 3.05) is 0 Å². The molecule has 0 bridgehead atoms. The van der Waals surface area contributed by atoms with Gasteiger partial charge in [-0.25, -0.2) is 8.78 Å². The van der Waals surface area contributed by atoms with Crippen LogP contribution in [-0.2, 0) is 4.79 Å². The summed E-state index contributed by atoms with van der Waals surface area (Å²) in [5, 5.41) is 21.0. The molecule has 0 radical (unpaired) electrons. The van der Waals surface area contributed by atoms with Crippen LogP contribution in [0.15, 0.2) is 65.8 Å². The lowest BCUT2D eigenvalue weighted by Gasteiger charge is -2.61. The number of ether oxygens (including phenoxy) is 1. The molecule has 0 unspecified atom stereocenters. The molecule has 0 aromatic heterocycles. The molecule has 1 aromatic rings. The number of ketones is 1. The maximum absolute atomic E-state index is 17.2. The average Bonchev–Trinajstić information content (AvgIpc) is 3.07. The number of rotatable bonds is 3. The molecule has 0 spiro atoms. The standard InChI is InChI=1S/C28H32F2O4/c1-15-12-18-19-13-21(29)20-14-22(31)24(32)25(33)27(20,4)28(19,30)11-10-26(18,3)23(15)16(2)34-17-8-6-5-7-9-17/h5-9,14-15,18-19,21,23,32-33H,2,10-13H2,1,3-4H3/t15-,18+,19+,21+,23-,26+,27-,28-/m1/s1. The Bertz CT molecular complexity index is 1110. The minimum atomic E-state index is -1.99. The van der Waals surface area contributed by atoms with Gasteiger partial charge in [0.25, 0.3) is 0 Å². The van der Waals surface area contributed by atoms with E-state index < -0.39 is 40.5 Å². The van der Waals surface area contributed by atoms with Gasteiger partial charge in [-0.05, 0) is 73.6 Å².